The topological polar surface area (TPSA) is 34.2 Å². The summed E-state index contributed by atoms with van der Waals surface area (Å²) in [5, 5.41) is 6.44. The summed E-state index contributed by atoms with van der Waals surface area (Å²) < 4.78 is 6.76. The quantitative estimate of drug-likeness (QED) is 0.833. The standard InChI is InChI=1S/C14H17BrN2OS/c1-2-16-7-14-17-13(10-19-14)9-18-8-11-4-3-5-12(15)6-11/h3-6,10,16H,2,7-9H2,1H3. The van der Waals surface area contributed by atoms with Crippen molar-refractivity contribution in [2.75, 3.05) is 6.54 Å². The molecule has 1 aromatic carbocycles. The fraction of sp³-hybridized carbons (Fsp3) is 0.357. The Balaban J connectivity index is 1.77. The zero-order valence-electron chi connectivity index (χ0n) is 10.9. The lowest BCUT2D eigenvalue weighted by molar-refractivity contribution is 0.105. The van der Waals surface area contributed by atoms with Crippen LogP contribution < -0.4 is 5.32 Å². The first-order chi connectivity index (χ1) is 9.28. The first kappa shape index (κ1) is 14.7. The molecule has 0 atom stereocenters. The summed E-state index contributed by atoms with van der Waals surface area (Å²) in [7, 11) is 0. The van der Waals surface area contributed by atoms with E-state index in [2.05, 4.69) is 50.7 Å². The second-order valence-electron chi connectivity index (χ2n) is 4.14. The van der Waals surface area contributed by atoms with Crippen molar-refractivity contribution >= 4 is 27.3 Å². The van der Waals surface area contributed by atoms with Crippen LogP contribution in [0.25, 0.3) is 0 Å². The lowest BCUT2D eigenvalue weighted by Gasteiger charge is -2.03. The molecule has 0 spiro atoms. The minimum Gasteiger partial charge on any atom is -0.370 e. The van der Waals surface area contributed by atoms with Crippen LogP contribution in [0.3, 0.4) is 0 Å². The second kappa shape index (κ2) is 7.75. The van der Waals surface area contributed by atoms with E-state index >= 15 is 0 Å². The van der Waals surface area contributed by atoms with Crippen LogP contribution in [-0.2, 0) is 24.5 Å². The normalized spacial score (nSPS) is 10.8. The lowest BCUT2D eigenvalue weighted by atomic mass is 10.2. The van der Waals surface area contributed by atoms with E-state index < -0.39 is 0 Å². The minimum atomic E-state index is 0.565. The molecule has 0 radical (unpaired) electrons. The smallest absolute Gasteiger partial charge is 0.107 e. The SMILES string of the molecule is CCNCc1nc(COCc2cccc(Br)c2)cs1. The van der Waals surface area contributed by atoms with Gasteiger partial charge in [0.2, 0.25) is 0 Å². The van der Waals surface area contributed by atoms with Gasteiger partial charge in [-0.2, -0.15) is 0 Å². The minimum absolute atomic E-state index is 0.565. The van der Waals surface area contributed by atoms with Gasteiger partial charge in [0.25, 0.3) is 0 Å². The third kappa shape index (κ3) is 5.03. The average Bonchev–Trinajstić information content (AvgIpc) is 2.84. The highest BCUT2D eigenvalue weighted by Gasteiger charge is 2.02. The second-order valence-corrected chi connectivity index (χ2v) is 5.99. The van der Waals surface area contributed by atoms with Gasteiger partial charge in [-0.05, 0) is 24.2 Å². The van der Waals surface area contributed by atoms with Gasteiger partial charge in [0.1, 0.15) is 5.01 Å². The van der Waals surface area contributed by atoms with Gasteiger partial charge in [-0.15, -0.1) is 11.3 Å². The van der Waals surface area contributed by atoms with Gasteiger partial charge in [-0.1, -0.05) is 35.0 Å². The van der Waals surface area contributed by atoms with Gasteiger partial charge in [-0.25, -0.2) is 4.98 Å². The number of hydrogen-bond donors (Lipinski definition) is 1. The van der Waals surface area contributed by atoms with Gasteiger partial charge in [0, 0.05) is 16.4 Å². The number of nitrogens with zero attached hydrogens (tertiary/aromatic N) is 1. The Morgan fingerprint density at radius 3 is 3.05 bits per heavy atom. The molecular weight excluding hydrogens is 324 g/mol. The Labute approximate surface area is 126 Å². The summed E-state index contributed by atoms with van der Waals surface area (Å²) in [4.78, 5) is 4.52. The maximum Gasteiger partial charge on any atom is 0.107 e. The van der Waals surface area contributed by atoms with Crippen molar-refractivity contribution in [1.29, 1.82) is 0 Å². The summed E-state index contributed by atoms with van der Waals surface area (Å²) >= 11 is 5.13. The molecular formula is C14H17BrN2OS. The highest BCUT2D eigenvalue weighted by Crippen LogP contribution is 2.14. The van der Waals surface area contributed by atoms with E-state index in [9.17, 15) is 0 Å². The van der Waals surface area contributed by atoms with Crippen LogP contribution in [0.5, 0.6) is 0 Å². The van der Waals surface area contributed by atoms with E-state index in [4.69, 9.17) is 4.74 Å². The third-order valence-corrected chi connectivity index (χ3v) is 3.92. The summed E-state index contributed by atoms with van der Waals surface area (Å²) in [6.07, 6.45) is 0. The van der Waals surface area contributed by atoms with E-state index in [1.807, 2.05) is 12.1 Å². The van der Waals surface area contributed by atoms with Crippen molar-refractivity contribution in [3.8, 4) is 0 Å². The Morgan fingerprint density at radius 1 is 1.37 bits per heavy atom. The van der Waals surface area contributed by atoms with E-state index in [1.54, 1.807) is 11.3 Å². The predicted octanol–water partition coefficient (Wildman–Crippen LogP) is 3.73. The van der Waals surface area contributed by atoms with E-state index in [-0.39, 0.29) is 0 Å². The Bertz CT molecular complexity index is 516. The number of nitrogens with one attached hydrogen (secondary N) is 1. The van der Waals surface area contributed by atoms with Crippen LogP contribution in [0, 0.1) is 0 Å². The molecule has 0 fully saturated rings. The Kier molecular flexibility index (Phi) is 5.97. The number of hydrogen-bond acceptors (Lipinski definition) is 4. The summed E-state index contributed by atoms with van der Waals surface area (Å²) in [5.74, 6) is 0. The molecule has 5 heteroatoms. The van der Waals surface area contributed by atoms with Crippen LogP contribution in [0.1, 0.15) is 23.2 Å². The van der Waals surface area contributed by atoms with Crippen LogP contribution in [0.2, 0.25) is 0 Å². The Hall–Kier alpha value is -0.750. The number of halogens is 1. The zero-order chi connectivity index (χ0) is 13.5. The van der Waals surface area contributed by atoms with Crippen molar-refractivity contribution in [2.24, 2.45) is 0 Å². The molecule has 0 unspecified atom stereocenters. The predicted molar refractivity (Wildman–Crippen MR) is 82.1 cm³/mol. The number of ether oxygens (including phenoxy) is 1. The molecule has 102 valence electrons. The van der Waals surface area contributed by atoms with Crippen molar-refractivity contribution in [1.82, 2.24) is 10.3 Å². The van der Waals surface area contributed by atoms with Crippen LogP contribution in [-0.4, -0.2) is 11.5 Å². The number of benzene rings is 1. The first-order valence-electron chi connectivity index (χ1n) is 6.24. The highest BCUT2D eigenvalue weighted by atomic mass is 79.9. The fourth-order valence-corrected chi connectivity index (χ4v) is 2.82. The third-order valence-electron chi connectivity index (χ3n) is 2.53. The summed E-state index contributed by atoms with van der Waals surface area (Å²) in [6, 6.07) is 8.15. The van der Waals surface area contributed by atoms with E-state index in [0.29, 0.717) is 13.2 Å². The number of thiazole rings is 1. The average molecular weight is 341 g/mol. The van der Waals surface area contributed by atoms with Gasteiger partial charge >= 0.3 is 0 Å². The van der Waals surface area contributed by atoms with Crippen LogP contribution >= 0.6 is 27.3 Å². The van der Waals surface area contributed by atoms with Crippen molar-refractivity contribution in [3.05, 3.63) is 50.4 Å². The fourth-order valence-electron chi connectivity index (χ4n) is 1.63. The molecule has 1 aromatic heterocycles. The lowest BCUT2D eigenvalue weighted by Crippen LogP contribution is -2.11. The maximum absolute atomic E-state index is 5.68. The molecule has 2 rings (SSSR count). The van der Waals surface area contributed by atoms with Gasteiger partial charge in [0.15, 0.2) is 0 Å². The molecule has 1 heterocycles. The molecule has 3 nitrogen and oxygen atoms in total. The van der Waals surface area contributed by atoms with Crippen LogP contribution in [0.4, 0.5) is 0 Å². The monoisotopic (exact) mass is 340 g/mol. The first-order valence-corrected chi connectivity index (χ1v) is 7.91. The molecule has 0 aliphatic carbocycles. The molecule has 0 aliphatic heterocycles. The number of aromatic nitrogens is 1. The zero-order valence-corrected chi connectivity index (χ0v) is 13.3. The Morgan fingerprint density at radius 2 is 2.26 bits per heavy atom. The maximum atomic E-state index is 5.68. The van der Waals surface area contributed by atoms with Gasteiger partial charge < -0.3 is 10.1 Å². The largest absolute Gasteiger partial charge is 0.370 e. The molecule has 0 amide bonds. The molecule has 19 heavy (non-hydrogen) atoms. The molecule has 0 saturated carbocycles. The van der Waals surface area contributed by atoms with Gasteiger partial charge in [-0.3, -0.25) is 0 Å². The molecule has 1 N–H and O–H groups in total. The van der Waals surface area contributed by atoms with Gasteiger partial charge in [0.05, 0.1) is 18.9 Å². The molecule has 2 aromatic rings. The molecule has 0 saturated heterocycles. The van der Waals surface area contributed by atoms with Crippen LogP contribution in [0.15, 0.2) is 34.1 Å². The number of rotatable bonds is 7. The molecule has 0 aliphatic rings. The highest BCUT2D eigenvalue weighted by molar-refractivity contribution is 9.10. The van der Waals surface area contributed by atoms with E-state index in [0.717, 1.165) is 33.8 Å². The van der Waals surface area contributed by atoms with E-state index in [1.165, 1.54) is 0 Å². The van der Waals surface area contributed by atoms with Crippen molar-refractivity contribution < 1.29 is 4.74 Å². The van der Waals surface area contributed by atoms with Crippen molar-refractivity contribution in [2.45, 2.75) is 26.7 Å². The molecule has 0 bridgehead atoms. The summed E-state index contributed by atoms with van der Waals surface area (Å²) in [5.41, 5.74) is 2.17. The summed E-state index contributed by atoms with van der Waals surface area (Å²) in [6.45, 7) is 5.07. The van der Waals surface area contributed by atoms with Crippen molar-refractivity contribution in [3.63, 3.8) is 0 Å².